The highest BCUT2D eigenvalue weighted by molar-refractivity contribution is 6.20. The van der Waals surface area contributed by atoms with Crippen LogP contribution in [0, 0.1) is 0 Å². The average Bonchev–Trinajstić information content (AvgIpc) is 3.21. The molecular formula is C19H16N4O3. The number of H-pyrrole nitrogens is 1. The Balaban J connectivity index is 1.48. The minimum atomic E-state index is -0.216. The van der Waals surface area contributed by atoms with Crippen LogP contribution < -0.4 is 10.2 Å². The van der Waals surface area contributed by atoms with Gasteiger partial charge in [0.05, 0.1) is 29.5 Å². The van der Waals surface area contributed by atoms with Crippen molar-refractivity contribution < 1.29 is 14.4 Å². The van der Waals surface area contributed by atoms with Crippen molar-refractivity contribution in [1.29, 1.82) is 0 Å². The molecule has 26 heavy (non-hydrogen) atoms. The van der Waals surface area contributed by atoms with Crippen molar-refractivity contribution >= 4 is 40.1 Å². The SMILES string of the molecule is O=C(Cc1ccc2nc[nH]c2c1)Nc1cccc(N2C(=O)CCC2=O)c1. The topological polar surface area (TPSA) is 95.2 Å². The fourth-order valence-corrected chi connectivity index (χ4v) is 3.07. The Hall–Kier alpha value is -3.48. The lowest BCUT2D eigenvalue weighted by molar-refractivity contribution is -0.121. The van der Waals surface area contributed by atoms with Gasteiger partial charge < -0.3 is 10.3 Å². The van der Waals surface area contributed by atoms with Crippen LogP contribution in [-0.4, -0.2) is 27.7 Å². The van der Waals surface area contributed by atoms with Gasteiger partial charge in [-0.1, -0.05) is 12.1 Å². The molecule has 7 nitrogen and oxygen atoms in total. The van der Waals surface area contributed by atoms with Crippen molar-refractivity contribution in [3.63, 3.8) is 0 Å². The van der Waals surface area contributed by atoms with Crippen LogP contribution in [0.4, 0.5) is 11.4 Å². The number of imide groups is 1. The first-order chi connectivity index (χ1) is 12.6. The summed E-state index contributed by atoms with van der Waals surface area (Å²) in [5, 5.41) is 2.81. The molecule has 3 aromatic rings. The van der Waals surface area contributed by atoms with Crippen molar-refractivity contribution in [3.8, 4) is 0 Å². The summed E-state index contributed by atoms with van der Waals surface area (Å²) in [6, 6.07) is 12.4. The van der Waals surface area contributed by atoms with Gasteiger partial charge in [-0.25, -0.2) is 4.98 Å². The number of hydrogen-bond acceptors (Lipinski definition) is 4. The van der Waals surface area contributed by atoms with Crippen molar-refractivity contribution in [1.82, 2.24) is 9.97 Å². The summed E-state index contributed by atoms with van der Waals surface area (Å²) in [6.07, 6.45) is 2.28. The largest absolute Gasteiger partial charge is 0.345 e. The lowest BCUT2D eigenvalue weighted by Crippen LogP contribution is -2.28. The third kappa shape index (κ3) is 3.06. The average molecular weight is 348 g/mol. The standard InChI is InChI=1S/C19H16N4O3/c24-17(9-12-4-5-15-16(8-12)21-11-20-15)22-13-2-1-3-14(10-13)23-18(25)6-7-19(23)26/h1-5,8,10-11H,6-7,9H2,(H,20,21)(H,22,24). The molecule has 4 rings (SSSR count). The number of carbonyl (C=O) groups is 3. The van der Waals surface area contributed by atoms with Gasteiger partial charge in [0.15, 0.2) is 0 Å². The quantitative estimate of drug-likeness (QED) is 0.708. The highest BCUT2D eigenvalue weighted by atomic mass is 16.2. The predicted molar refractivity (Wildman–Crippen MR) is 96.6 cm³/mol. The van der Waals surface area contributed by atoms with Gasteiger partial charge in [-0.3, -0.25) is 19.3 Å². The van der Waals surface area contributed by atoms with E-state index in [1.807, 2.05) is 18.2 Å². The van der Waals surface area contributed by atoms with E-state index < -0.39 is 0 Å². The number of aromatic amines is 1. The molecule has 2 heterocycles. The zero-order valence-corrected chi connectivity index (χ0v) is 13.9. The molecule has 0 unspecified atom stereocenters. The second-order valence-corrected chi connectivity index (χ2v) is 6.15. The molecule has 1 saturated heterocycles. The van der Waals surface area contributed by atoms with E-state index in [0.717, 1.165) is 16.6 Å². The van der Waals surface area contributed by atoms with Crippen LogP contribution in [0.5, 0.6) is 0 Å². The van der Waals surface area contributed by atoms with E-state index in [1.54, 1.807) is 30.6 Å². The first-order valence-corrected chi connectivity index (χ1v) is 8.28. The molecule has 1 fully saturated rings. The fraction of sp³-hybridized carbons (Fsp3) is 0.158. The maximum absolute atomic E-state index is 12.3. The van der Waals surface area contributed by atoms with Crippen molar-refractivity contribution in [2.75, 3.05) is 10.2 Å². The van der Waals surface area contributed by atoms with Crippen molar-refractivity contribution in [2.45, 2.75) is 19.3 Å². The number of carbonyl (C=O) groups excluding carboxylic acids is 3. The van der Waals surface area contributed by atoms with Crippen LogP contribution in [0.15, 0.2) is 48.8 Å². The van der Waals surface area contributed by atoms with Gasteiger partial charge in [0.2, 0.25) is 17.7 Å². The first kappa shape index (κ1) is 16.0. The molecule has 130 valence electrons. The number of nitrogens with one attached hydrogen (secondary N) is 2. The van der Waals surface area contributed by atoms with Crippen LogP contribution >= 0.6 is 0 Å². The van der Waals surface area contributed by atoms with E-state index in [9.17, 15) is 14.4 Å². The monoisotopic (exact) mass is 348 g/mol. The highest BCUT2D eigenvalue weighted by Gasteiger charge is 2.30. The predicted octanol–water partition coefficient (Wildman–Crippen LogP) is 2.40. The molecule has 7 heteroatoms. The van der Waals surface area contributed by atoms with Gasteiger partial charge in [-0.15, -0.1) is 0 Å². The number of imidazole rings is 1. The minimum absolute atomic E-state index is 0.180. The number of benzene rings is 2. The summed E-state index contributed by atoms with van der Waals surface area (Å²) >= 11 is 0. The van der Waals surface area contributed by atoms with Gasteiger partial charge in [-0.05, 0) is 35.9 Å². The van der Waals surface area contributed by atoms with E-state index in [2.05, 4.69) is 15.3 Å². The van der Waals surface area contributed by atoms with E-state index in [4.69, 9.17) is 0 Å². The number of nitrogens with zero attached hydrogens (tertiary/aromatic N) is 2. The Morgan fingerprint density at radius 1 is 1.12 bits per heavy atom. The smallest absolute Gasteiger partial charge is 0.234 e. The molecule has 1 aromatic heterocycles. The van der Waals surface area contributed by atoms with E-state index in [-0.39, 0.29) is 37.0 Å². The lowest BCUT2D eigenvalue weighted by atomic mass is 10.1. The molecule has 0 bridgehead atoms. The second-order valence-electron chi connectivity index (χ2n) is 6.15. The van der Waals surface area contributed by atoms with E-state index in [1.165, 1.54) is 4.90 Å². The number of anilines is 2. The summed E-state index contributed by atoms with van der Waals surface area (Å²) in [5.74, 6) is -0.613. The van der Waals surface area contributed by atoms with Gasteiger partial charge in [-0.2, -0.15) is 0 Å². The molecule has 2 N–H and O–H groups in total. The third-order valence-corrected chi connectivity index (χ3v) is 4.29. The molecular weight excluding hydrogens is 332 g/mol. The fourth-order valence-electron chi connectivity index (χ4n) is 3.07. The Morgan fingerprint density at radius 3 is 2.73 bits per heavy atom. The summed E-state index contributed by atoms with van der Waals surface area (Å²) in [7, 11) is 0. The maximum Gasteiger partial charge on any atom is 0.234 e. The van der Waals surface area contributed by atoms with E-state index in [0.29, 0.717) is 11.4 Å². The number of amides is 3. The third-order valence-electron chi connectivity index (χ3n) is 4.29. The Labute approximate surface area is 149 Å². The molecule has 2 aromatic carbocycles. The molecule has 1 aliphatic heterocycles. The van der Waals surface area contributed by atoms with Crippen LogP contribution in [0.3, 0.4) is 0 Å². The highest BCUT2D eigenvalue weighted by Crippen LogP contribution is 2.25. The number of rotatable bonds is 4. The van der Waals surface area contributed by atoms with Gasteiger partial charge in [0.1, 0.15) is 0 Å². The summed E-state index contributed by atoms with van der Waals surface area (Å²) in [5.41, 5.74) is 3.61. The number of hydrogen-bond donors (Lipinski definition) is 2. The molecule has 0 aliphatic carbocycles. The number of fused-ring (bicyclic) bond motifs is 1. The first-order valence-electron chi connectivity index (χ1n) is 8.28. The van der Waals surface area contributed by atoms with E-state index >= 15 is 0 Å². The molecule has 0 radical (unpaired) electrons. The van der Waals surface area contributed by atoms with Crippen LogP contribution in [0.25, 0.3) is 11.0 Å². The minimum Gasteiger partial charge on any atom is -0.345 e. The van der Waals surface area contributed by atoms with Gasteiger partial charge >= 0.3 is 0 Å². The molecule has 3 amide bonds. The van der Waals surface area contributed by atoms with Crippen LogP contribution in [0.1, 0.15) is 18.4 Å². The zero-order valence-electron chi connectivity index (χ0n) is 13.9. The Bertz CT molecular complexity index is 1010. The Kier molecular flexibility index (Phi) is 3.96. The van der Waals surface area contributed by atoms with Crippen LogP contribution in [0.2, 0.25) is 0 Å². The summed E-state index contributed by atoms with van der Waals surface area (Å²) in [4.78, 5) is 44.4. The second kappa shape index (κ2) is 6.44. The van der Waals surface area contributed by atoms with Gasteiger partial charge in [0, 0.05) is 18.5 Å². The summed E-state index contributed by atoms with van der Waals surface area (Å²) < 4.78 is 0. The number of aromatic nitrogens is 2. The molecule has 0 spiro atoms. The Morgan fingerprint density at radius 2 is 1.92 bits per heavy atom. The molecule has 1 aliphatic rings. The van der Waals surface area contributed by atoms with Gasteiger partial charge in [0.25, 0.3) is 0 Å². The summed E-state index contributed by atoms with van der Waals surface area (Å²) in [6.45, 7) is 0. The lowest BCUT2D eigenvalue weighted by Gasteiger charge is -2.15. The normalized spacial score (nSPS) is 14.2. The molecule has 0 atom stereocenters. The van der Waals surface area contributed by atoms with Crippen LogP contribution in [-0.2, 0) is 20.8 Å². The molecule has 0 saturated carbocycles. The maximum atomic E-state index is 12.3. The zero-order chi connectivity index (χ0) is 18.1. The van der Waals surface area contributed by atoms with Crippen molar-refractivity contribution in [2.24, 2.45) is 0 Å². The van der Waals surface area contributed by atoms with Crippen molar-refractivity contribution in [3.05, 3.63) is 54.4 Å².